The fourth-order valence-corrected chi connectivity index (χ4v) is 3.28. The third kappa shape index (κ3) is 4.57. The van der Waals surface area contributed by atoms with Crippen LogP contribution < -0.4 is 5.32 Å². The summed E-state index contributed by atoms with van der Waals surface area (Å²) < 4.78 is 0. The van der Waals surface area contributed by atoms with Gasteiger partial charge in [0.2, 0.25) is 0 Å². The van der Waals surface area contributed by atoms with Crippen LogP contribution in [0.15, 0.2) is 6.07 Å². The van der Waals surface area contributed by atoms with Crippen LogP contribution in [0.25, 0.3) is 0 Å². The van der Waals surface area contributed by atoms with Gasteiger partial charge >= 0.3 is 0 Å². The third-order valence-electron chi connectivity index (χ3n) is 3.63. The average molecular weight is 306 g/mol. The summed E-state index contributed by atoms with van der Waals surface area (Å²) >= 11 is 1.43. The van der Waals surface area contributed by atoms with Crippen LogP contribution >= 0.6 is 11.3 Å². The first kappa shape index (κ1) is 16.0. The summed E-state index contributed by atoms with van der Waals surface area (Å²) in [4.78, 5) is 16.2. The van der Waals surface area contributed by atoms with Crippen LogP contribution in [0.4, 0.5) is 0 Å². The topological polar surface area (TPSA) is 52.6 Å². The Hall–Kier alpha value is -1.35. The zero-order valence-electron chi connectivity index (χ0n) is 12.6. The summed E-state index contributed by atoms with van der Waals surface area (Å²) in [5, 5.41) is 11.9. The molecule has 0 radical (unpaired) electrons. The molecule has 2 heterocycles. The number of rotatable bonds is 3. The minimum Gasteiger partial charge on any atom is -0.395 e. The molecule has 1 aromatic rings. The fourth-order valence-electron chi connectivity index (χ4n) is 2.33. The number of carbonyl (C=O) groups excluding carboxylic acids is 1. The van der Waals surface area contributed by atoms with Gasteiger partial charge in [0.1, 0.15) is 0 Å². The molecule has 1 aliphatic heterocycles. The van der Waals surface area contributed by atoms with Crippen LogP contribution in [0, 0.1) is 18.8 Å². The lowest BCUT2D eigenvalue weighted by Gasteiger charge is -2.29. The number of amides is 1. The second-order valence-electron chi connectivity index (χ2n) is 5.45. The van der Waals surface area contributed by atoms with Gasteiger partial charge in [-0.1, -0.05) is 11.8 Å². The van der Waals surface area contributed by atoms with Crippen molar-refractivity contribution in [3.05, 3.63) is 21.4 Å². The number of likely N-dealkylation sites (tertiary alicyclic amines) is 1. The molecule has 0 atom stereocenters. The number of thiophene rings is 1. The van der Waals surface area contributed by atoms with Gasteiger partial charge in [0.15, 0.2) is 0 Å². The zero-order chi connectivity index (χ0) is 15.2. The molecule has 0 unspecified atom stereocenters. The number of nitrogens with one attached hydrogen (secondary N) is 1. The maximum absolute atomic E-state index is 12.3. The minimum atomic E-state index is 0.00728. The highest BCUT2D eigenvalue weighted by Gasteiger charge is 2.20. The van der Waals surface area contributed by atoms with Crippen LogP contribution in [0.1, 0.15) is 39.4 Å². The summed E-state index contributed by atoms with van der Waals surface area (Å²) in [7, 11) is 2.11. The van der Waals surface area contributed by atoms with Crippen molar-refractivity contribution in [3.63, 3.8) is 0 Å². The predicted octanol–water partition coefficient (Wildman–Crippen LogP) is 1.61. The molecule has 0 aliphatic carbocycles. The van der Waals surface area contributed by atoms with Crippen LogP contribution in [-0.4, -0.2) is 48.7 Å². The maximum atomic E-state index is 12.3. The first-order valence-corrected chi connectivity index (χ1v) is 8.11. The summed E-state index contributed by atoms with van der Waals surface area (Å²) in [6.45, 7) is 4.10. The molecule has 1 amide bonds. The second kappa shape index (κ2) is 7.60. The van der Waals surface area contributed by atoms with Gasteiger partial charge in [0.05, 0.1) is 16.4 Å². The molecule has 114 valence electrons. The quantitative estimate of drug-likeness (QED) is 0.834. The van der Waals surface area contributed by atoms with Crippen molar-refractivity contribution in [1.82, 2.24) is 10.2 Å². The first-order valence-electron chi connectivity index (χ1n) is 7.29. The lowest BCUT2D eigenvalue weighted by molar-refractivity contribution is 0.0921. The average Bonchev–Trinajstić information content (AvgIpc) is 2.83. The Morgan fingerprint density at radius 1 is 1.52 bits per heavy atom. The number of aliphatic hydroxyl groups excluding tert-OH is 1. The van der Waals surface area contributed by atoms with Crippen molar-refractivity contribution in [3.8, 4) is 11.8 Å². The highest BCUT2D eigenvalue weighted by atomic mass is 32.1. The van der Waals surface area contributed by atoms with Crippen molar-refractivity contribution in [2.75, 3.05) is 26.7 Å². The third-order valence-corrected chi connectivity index (χ3v) is 4.79. The molecular weight excluding hydrogens is 284 g/mol. The Morgan fingerprint density at radius 2 is 2.24 bits per heavy atom. The number of aliphatic hydroxyl groups is 1. The molecule has 1 aliphatic rings. The molecule has 21 heavy (non-hydrogen) atoms. The summed E-state index contributed by atoms with van der Waals surface area (Å²) in [5.74, 6) is 5.93. The second-order valence-corrected chi connectivity index (χ2v) is 6.50. The lowest BCUT2D eigenvalue weighted by atomic mass is 10.1. The van der Waals surface area contributed by atoms with E-state index in [1.54, 1.807) is 0 Å². The van der Waals surface area contributed by atoms with Gasteiger partial charge in [0.25, 0.3) is 5.91 Å². The standard InChI is InChI=1S/C16H22N2O2S/c1-12-11-15(21-14(12)5-3-4-10-19)16(20)17-13-6-8-18(2)9-7-13/h11,13,19H,4,6-10H2,1-2H3,(H,17,20). The number of piperidine rings is 1. The van der Waals surface area contributed by atoms with E-state index in [4.69, 9.17) is 5.11 Å². The number of hydrogen-bond donors (Lipinski definition) is 2. The molecule has 2 N–H and O–H groups in total. The van der Waals surface area contributed by atoms with Crippen LogP contribution in [0.2, 0.25) is 0 Å². The highest BCUT2D eigenvalue weighted by Crippen LogP contribution is 2.21. The van der Waals surface area contributed by atoms with Crippen LogP contribution in [0.5, 0.6) is 0 Å². The van der Waals surface area contributed by atoms with E-state index < -0.39 is 0 Å². The van der Waals surface area contributed by atoms with Crippen LogP contribution in [-0.2, 0) is 0 Å². The van der Waals surface area contributed by atoms with E-state index in [9.17, 15) is 4.79 Å². The van der Waals surface area contributed by atoms with Crippen molar-refractivity contribution in [1.29, 1.82) is 0 Å². The number of aryl methyl sites for hydroxylation is 1. The Balaban J connectivity index is 1.97. The smallest absolute Gasteiger partial charge is 0.261 e. The van der Waals surface area contributed by atoms with Crippen molar-refractivity contribution in [2.24, 2.45) is 0 Å². The highest BCUT2D eigenvalue weighted by molar-refractivity contribution is 7.14. The molecule has 1 aromatic heterocycles. The van der Waals surface area contributed by atoms with Gasteiger partial charge in [-0.15, -0.1) is 11.3 Å². The Labute approximate surface area is 130 Å². The summed E-state index contributed by atoms with van der Waals surface area (Å²) in [6.07, 6.45) is 2.49. The van der Waals surface area contributed by atoms with Crippen molar-refractivity contribution in [2.45, 2.75) is 32.2 Å². The van der Waals surface area contributed by atoms with Gasteiger partial charge in [-0.25, -0.2) is 0 Å². The van der Waals surface area contributed by atoms with E-state index in [2.05, 4.69) is 29.1 Å². The van der Waals surface area contributed by atoms with Crippen molar-refractivity contribution < 1.29 is 9.90 Å². The molecule has 5 heteroatoms. The molecule has 2 rings (SSSR count). The maximum Gasteiger partial charge on any atom is 0.261 e. The largest absolute Gasteiger partial charge is 0.395 e. The monoisotopic (exact) mass is 306 g/mol. The normalized spacial score (nSPS) is 16.3. The molecule has 0 spiro atoms. The predicted molar refractivity (Wildman–Crippen MR) is 85.6 cm³/mol. The Bertz CT molecular complexity index is 548. The van der Waals surface area contributed by atoms with E-state index in [-0.39, 0.29) is 18.6 Å². The first-order chi connectivity index (χ1) is 10.1. The van der Waals surface area contributed by atoms with Crippen molar-refractivity contribution >= 4 is 17.2 Å². The molecule has 0 bridgehead atoms. The van der Waals surface area contributed by atoms with Gasteiger partial charge in [-0.2, -0.15) is 0 Å². The molecule has 4 nitrogen and oxygen atoms in total. The lowest BCUT2D eigenvalue weighted by Crippen LogP contribution is -2.43. The Morgan fingerprint density at radius 3 is 2.90 bits per heavy atom. The summed E-state index contributed by atoms with van der Waals surface area (Å²) in [6, 6.07) is 2.18. The molecule has 1 saturated heterocycles. The minimum absolute atomic E-state index is 0.00728. The van der Waals surface area contributed by atoms with Gasteiger partial charge in [0, 0.05) is 12.5 Å². The van der Waals surface area contributed by atoms with Gasteiger partial charge < -0.3 is 15.3 Å². The number of hydrogen-bond acceptors (Lipinski definition) is 4. The van der Waals surface area contributed by atoms with E-state index in [0.717, 1.165) is 41.2 Å². The molecule has 0 saturated carbocycles. The number of nitrogens with zero attached hydrogens (tertiary/aromatic N) is 1. The van der Waals surface area contributed by atoms with Gasteiger partial charge in [-0.3, -0.25) is 4.79 Å². The van der Waals surface area contributed by atoms with E-state index in [0.29, 0.717) is 6.42 Å². The Kier molecular flexibility index (Phi) is 5.80. The number of carbonyl (C=O) groups is 1. The fraction of sp³-hybridized carbons (Fsp3) is 0.562. The zero-order valence-corrected chi connectivity index (χ0v) is 13.4. The summed E-state index contributed by atoms with van der Waals surface area (Å²) in [5.41, 5.74) is 1.03. The molecule has 1 fully saturated rings. The molecular formula is C16H22N2O2S. The van der Waals surface area contributed by atoms with Crippen LogP contribution in [0.3, 0.4) is 0 Å². The SMILES string of the molecule is Cc1cc(C(=O)NC2CCN(C)CC2)sc1C#CCCO. The van der Waals surface area contributed by atoms with Gasteiger partial charge in [-0.05, 0) is 51.5 Å². The van der Waals surface area contributed by atoms with E-state index in [1.807, 2.05) is 13.0 Å². The van der Waals surface area contributed by atoms with E-state index in [1.165, 1.54) is 11.3 Å². The molecule has 0 aromatic carbocycles. The van der Waals surface area contributed by atoms with E-state index >= 15 is 0 Å².